The van der Waals surface area contributed by atoms with Crippen LogP contribution in [0.25, 0.3) is 0 Å². The van der Waals surface area contributed by atoms with Crippen molar-refractivity contribution in [3.8, 4) is 0 Å². The average Bonchev–Trinajstić information content (AvgIpc) is 3.11. The largest absolute Gasteiger partial charge is 0.481 e. The first-order valence-corrected chi connectivity index (χ1v) is 8.77. The molecular formula is C15H18N4O5S. The molecule has 1 aromatic heterocycles. The smallest absolute Gasteiger partial charge is 0.309 e. The van der Waals surface area contributed by atoms with Crippen molar-refractivity contribution < 1.29 is 24.3 Å². The van der Waals surface area contributed by atoms with Gasteiger partial charge in [-0.3, -0.25) is 24.1 Å². The lowest BCUT2D eigenvalue weighted by atomic mass is 10.2. The van der Waals surface area contributed by atoms with Gasteiger partial charge in [0.15, 0.2) is 5.13 Å². The fourth-order valence-corrected chi connectivity index (χ4v) is 3.93. The summed E-state index contributed by atoms with van der Waals surface area (Å²) in [5.74, 6) is -1.68. The van der Waals surface area contributed by atoms with Gasteiger partial charge in [-0.2, -0.15) is 0 Å². The molecule has 0 radical (unpaired) electrons. The molecule has 3 amide bonds. The Kier molecular flexibility index (Phi) is 4.82. The molecule has 2 fully saturated rings. The van der Waals surface area contributed by atoms with E-state index < -0.39 is 12.0 Å². The van der Waals surface area contributed by atoms with Crippen LogP contribution in [-0.2, 0) is 25.6 Å². The minimum atomic E-state index is -1.02. The van der Waals surface area contributed by atoms with Gasteiger partial charge in [-0.1, -0.05) is 0 Å². The van der Waals surface area contributed by atoms with E-state index >= 15 is 0 Å². The first kappa shape index (κ1) is 17.5. The maximum absolute atomic E-state index is 12.7. The Bertz CT molecular complexity index is 725. The van der Waals surface area contributed by atoms with Crippen LogP contribution in [-0.4, -0.2) is 75.8 Å². The zero-order valence-corrected chi connectivity index (χ0v) is 14.5. The summed E-state index contributed by atoms with van der Waals surface area (Å²) in [6.45, 7) is 3.66. The molecule has 9 nitrogen and oxygen atoms in total. The third-order valence-electron chi connectivity index (χ3n) is 4.39. The maximum atomic E-state index is 12.7. The second-order valence-electron chi connectivity index (χ2n) is 6.02. The number of imide groups is 1. The van der Waals surface area contributed by atoms with Crippen LogP contribution < -0.4 is 4.90 Å². The number of thiazole rings is 1. The average molecular weight is 366 g/mol. The van der Waals surface area contributed by atoms with Gasteiger partial charge >= 0.3 is 5.97 Å². The standard InChI is InChI=1S/C15H18N4O5S/c1-9(20)17-2-4-18(5-3-17)11-7-12(21)19(14(11)24)15-16-10(8-25-15)6-13(22)23/h8,11H,2-7H2,1H3,(H,22,23). The SMILES string of the molecule is CC(=O)N1CCN(C2CC(=O)N(c3nc(CC(=O)O)cs3)C2=O)CC1. The van der Waals surface area contributed by atoms with Crippen molar-refractivity contribution >= 4 is 40.2 Å². The van der Waals surface area contributed by atoms with Crippen molar-refractivity contribution in [3.63, 3.8) is 0 Å². The number of aromatic nitrogens is 1. The Hall–Kier alpha value is -2.33. The third-order valence-corrected chi connectivity index (χ3v) is 5.26. The summed E-state index contributed by atoms with van der Waals surface area (Å²) in [7, 11) is 0. The van der Waals surface area contributed by atoms with Gasteiger partial charge in [-0.05, 0) is 0 Å². The number of hydrogen-bond donors (Lipinski definition) is 1. The van der Waals surface area contributed by atoms with Crippen LogP contribution in [0.15, 0.2) is 5.38 Å². The molecule has 2 aliphatic rings. The van der Waals surface area contributed by atoms with Crippen molar-refractivity contribution in [2.75, 3.05) is 31.1 Å². The van der Waals surface area contributed by atoms with Gasteiger partial charge in [0.05, 0.1) is 24.6 Å². The molecule has 0 bridgehead atoms. The number of carbonyl (C=O) groups is 4. The summed E-state index contributed by atoms with van der Waals surface area (Å²) >= 11 is 1.09. The van der Waals surface area contributed by atoms with Gasteiger partial charge in [0, 0.05) is 38.5 Å². The Labute approximate surface area is 147 Å². The summed E-state index contributed by atoms with van der Waals surface area (Å²) in [5, 5.41) is 10.6. The second-order valence-corrected chi connectivity index (χ2v) is 6.86. The number of hydrogen-bond acceptors (Lipinski definition) is 7. The van der Waals surface area contributed by atoms with E-state index in [4.69, 9.17) is 5.11 Å². The Morgan fingerprint density at radius 3 is 2.56 bits per heavy atom. The Balaban J connectivity index is 1.69. The number of rotatable bonds is 4. The minimum absolute atomic E-state index is 0.00356. The normalized spacial score (nSPS) is 21.9. The molecule has 10 heteroatoms. The lowest BCUT2D eigenvalue weighted by Gasteiger charge is -2.36. The van der Waals surface area contributed by atoms with Crippen LogP contribution in [0.3, 0.4) is 0 Å². The molecule has 0 saturated carbocycles. The monoisotopic (exact) mass is 366 g/mol. The molecule has 0 spiro atoms. The van der Waals surface area contributed by atoms with E-state index in [0.717, 1.165) is 16.2 Å². The number of nitrogens with zero attached hydrogens (tertiary/aromatic N) is 4. The van der Waals surface area contributed by atoms with Gasteiger partial charge in [-0.15, -0.1) is 11.3 Å². The zero-order valence-electron chi connectivity index (χ0n) is 13.7. The summed E-state index contributed by atoms with van der Waals surface area (Å²) in [5.41, 5.74) is 0.326. The third kappa shape index (κ3) is 3.54. The Morgan fingerprint density at radius 2 is 1.96 bits per heavy atom. The molecule has 134 valence electrons. The second kappa shape index (κ2) is 6.89. The molecule has 2 saturated heterocycles. The minimum Gasteiger partial charge on any atom is -0.481 e. The first-order chi connectivity index (χ1) is 11.9. The number of carboxylic acids is 1. The molecule has 0 aliphatic carbocycles. The molecule has 3 rings (SSSR count). The Morgan fingerprint density at radius 1 is 1.28 bits per heavy atom. The predicted molar refractivity (Wildman–Crippen MR) is 88.2 cm³/mol. The highest BCUT2D eigenvalue weighted by Crippen LogP contribution is 2.29. The van der Waals surface area contributed by atoms with Crippen LogP contribution in [0, 0.1) is 0 Å². The summed E-state index contributed by atoms with van der Waals surface area (Å²) in [4.78, 5) is 55.9. The highest BCUT2D eigenvalue weighted by Gasteiger charge is 2.44. The highest BCUT2D eigenvalue weighted by atomic mass is 32.1. The first-order valence-electron chi connectivity index (χ1n) is 7.89. The molecule has 1 N–H and O–H groups in total. The van der Waals surface area contributed by atoms with E-state index in [9.17, 15) is 19.2 Å². The molecule has 25 heavy (non-hydrogen) atoms. The molecule has 0 aromatic carbocycles. The molecule has 2 aliphatic heterocycles. The predicted octanol–water partition coefficient (Wildman–Crippen LogP) is -0.434. The molecule has 3 heterocycles. The number of anilines is 1. The van der Waals surface area contributed by atoms with Crippen molar-refractivity contribution in [2.45, 2.75) is 25.8 Å². The van der Waals surface area contributed by atoms with Gasteiger partial charge in [-0.25, -0.2) is 9.88 Å². The van der Waals surface area contributed by atoms with Crippen LogP contribution in [0.5, 0.6) is 0 Å². The molecule has 1 unspecified atom stereocenters. The van der Waals surface area contributed by atoms with Crippen molar-refractivity contribution in [2.24, 2.45) is 0 Å². The van der Waals surface area contributed by atoms with E-state index in [1.807, 2.05) is 4.90 Å². The van der Waals surface area contributed by atoms with Crippen LogP contribution in [0.2, 0.25) is 0 Å². The van der Waals surface area contributed by atoms with E-state index in [2.05, 4.69) is 4.98 Å². The molecular weight excluding hydrogens is 348 g/mol. The lowest BCUT2D eigenvalue weighted by Crippen LogP contribution is -2.53. The summed E-state index contributed by atoms with van der Waals surface area (Å²) < 4.78 is 0. The number of carboxylic acid groups (broad SMARTS) is 1. The lowest BCUT2D eigenvalue weighted by molar-refractivity contribution is -0.136. The highest BCUT2D eigenvalue weighted by molar-refractivity contribution is 7.14. The molecule has 1 aromatic rings. The van der Waals surface area contributed by atoms with E-state index in [1.165, 1.54) is 6.92 Å². The maximum Gasteiger partial charge on any atom is 0.309 e. The summed E-state index contributed by atoms with van der Waals surface area (Å²) in [6, 6.07) is -0.548. The van der Waals surface area contributed by atoms with Gasteiger partial charge in [0.1, 0.15) is 0 Å². The van der Waals surface area contributed by atoms with E-state index in [-0.39, 0.29) is 35.7 Å². The van der Waals surface area contributed by atoms with Gasteiger partial charge < -0.3 is 10.0 Å². The van der Waals surface area contributed by atoms with Crippen LogP contribution >= 0.6 is 11.3 Å². The van der Waals surface area contributed by atoms with E-state index in [1.54, 1.807) is 10.3 Å². The number of amides is 3. The number of aliphatic carboxylic acids is 1. The van der Waals surface area contributed by atoms with Crippen LogP contribution in [0.1, 0.15) is 19.0 Å². The number of piperazine rings is 1. The van der Waals surface area contributed by atoms with Gasteiger partial charge in [0.25, 0.3) is 5.91 Å². The summed E-state index contributed by atoms with van der Waals surface area (Å²) in [6.07, 6.45) is -0.171. The van der Waals surface area contributed by atoms with Crippen molar-refractivity contribution in [3.05, 3.63) is 11.1 Å². The molecule has 1 atom stereocenters. The van der Waals surface area contributed by atoms with Crippen molar-refractivity contribution in [1.82, 2.24) is 14.8 Å². The fourth-order valence-electron chi connectivity index (χ4n) is 3.09. The number of carbonyl (C=O) groups excluding carboxylic acids is 3. The quantitative estimate of drug-likeness (QED) is 0.720. The van der Waals surface area contributed by atoms with Gasteiger partial charge in [0.2, 0.25) is 11.8 Å². The van der Waals surface area contributed by atoms with Crippen LogP contribution in [0.4, 0.5) is 5.13 Å². The topological polar surface area (TPSA) is 111 Å². The fraction of sp³-hybridized carbons (Fsp3) is 0.533. The van der Waals surface area contributed by atoms with Crippen molar-refractivity contribution in [1.29, 1.82) is 0 Å². The zero-order chi connectivity index (χ0) is 18.1. The van der Waals surface area contributed by atoms with E-state index in [0.29, 0.717) is 31.9 Å².